The summed E-state index contributed by atoms with van der Waals surface area (Å²) in [6.07, 6.45) is 9.11. The van der Waals surface area contributed by atoms with Gasteiger partial charge in [-0.15, -0.1) is 0 Å². The van der Waals surface area contributed by atoms with E-state index in [4.69, 9.17) is 44.3 Å². The molecule has 0 spiro atoms. The lowest BCUT2D eigenvalue weighted by Crippen LogP contribution is -2.49. The highest BCUT2D eigenvalue weighted by molar-refractivity contribution is 9.09. The van der Waals surface area contributed by atoms with Gasteiger partial charge in [-0.2, -0.15) is 0 Å². The van der Waals surface area contributed by atoms with Crippen molar-refractivity contribution >= 4 is 56.6 Å². The Kier molecular flexibility index (Phi) is 15.3. The van der Waals surface area contributed by atoms with E-state index in [9.17, 15) is 4.79 Å². The minimum atomic E-state index is -1.98. The van der Waals surface area contributed by atoms with E-state index in [1.165, 1.54) is 32.1 Å². The van der Waals surface area contributed by atoms with Gasteiger partial charge in [0, 0.05) is 12.4 Å². The zero-order chi connectivity index (χ0) is 18.4. The smallest absolute Gasteiger partial charge is 0.272 e. The summed E-state index contributed by atoms with van der Waals surface area (Å²) in [5.41, 5.74) is 0. The molecule has 0 saturated heterocycles. The lowest BCUT2D eigenvalue weighted by molar-refractivity contribution is -0.124. The minimum absolute atomic E-state index is 0.161. The van der Waals surface area contributed by atoms with Crippen molar-refractivity contribution in [3.05, 3.63) is 0 Å². The Morgan fingerprint density at radius 2 is 1.71 bits per heavy atom. The Morgan fingerprint density at radius 1 is 1.12 bits per heavy atom. The Labute approximate surface area is 169 Å². The summed E-state index contributed by atoms with van der Waals surface area (Å²) in [4.78, 5) is 11.9. The van der Waals surface area contributed by atoms with Crippen molar-refractivity contribution in [2.45, 2.75) is 74.2 Å². The number of halogens is 4. The molecule has 0 aliphatic rings. The van der Waals surface area contributed by atoms with Crippen molar-refractivity contribution < 1.29 is 14.3 Å². The number of carbonyl (C=O) groups excluding carboxylic acids is 1. The van der Waals surface area contributed by atoms with Crippen LogP contribution in [0.25, 0.3) is 0 Å². The number of carbonyl (C=O) groups is 1. The molecule has 1 N–H and O–H groups in total. The molecule has 144 valence electrons. The third kappa shape index (κ3) is 12.2. The first-order valence-electron chi connectivity index (χ1n) is 8.41. The molecule has 0 rings (SSSR count). The van der Waals surface area contributed by atoms with Crippen LogP contribution in [0.5, 0.6) is 0 Å². The van der Waals surface area contributed by atoms with E-state index >= 15 is 0 Å². The zero-order valence-corrected chi connectivity index (χ0v) is 18.3. The van der Waals surface area contributed by atoms with Gasteiger partial charge in [0.05, 0.1) is 12.1 Å². The van der Waals surface area contributed by atoms with Crippen LogP contribution in [0.15, 0.2) is 0 Å². The van der Waals surface area contributed by atoms with Gasteiger partial charge >= 0.3 is 0 Å². The van der Waals surface area contributed by atoms with E-state index in [0.29, 0.717) is 5.33 Å². The first kappa shape index (κ1) is 24.7. The highest BCUT2D eigenvalue weighted by Crippen LogP contribution is 2.26. The number of amides is 1. The second-order valence-electron chi connectivity index (χ2n) is 5.75. The van der Waals surface area contributed by atoms with Crippen LogP contribution in [0.1, 0.15) is 58.3 Å². The monoisotopic (exact) mass is 467 g/mol. The van der Waals surface area contributed by atoms with Crippen molar-refractivity contribution in [1.29, 1.82) is 0 Å². The van der Waals surface area contributed by atoms with E-state index in [-0.39, 0.29) is 18.9 Å². The Hall–Kier alpha value is 0.740. The molecule has 0 saturated carbocycles. The highest BCUT2D eigenvalue weighted by atomic mass is 79.9. The molecule has 0 heterocycles. The lowest BCUT2D eigenvalue weighted by Gasteiger charge is -2.28. The summed E-state index contributed by atoms with van der Waals surface area (Å²) in [5, 5.41) is 3.23. The molecule has 0 aliphatic carbocycles. The summed E-state index contributed by atoms with van der Waals surface area (Å²) in [6.45, 7) is 2.37. The second kappa shape index (κ2) is 14.9. The molecular formula is C16H29BrCl3NO3. The van der Waals surface area contributed by atoms with Gasteiger partial charge in [0.2, 0.25) is 0 Å². The van der Waals surface area contributed by atoms with Crippen molar-refractivity contribution in [2.24, 2.45) is 0 Å². The molecule has 0 aromatic rings. The summed E-state index contributed by atoms with van der Waals surface area (Å²) >= 11 is 20.2. The number of nitrogens with one attached hydrogen (secondary N) is 1. The minimum Gasteiger partial charge on any atom is -0.359 e. The molecule has 0 unspecified atom stereocenters. The summed E-state index contributed by atoms with van der Waals surface area (Å²) < 4.78 is 8.71. The Morgan fingerprint density at radius 3 is 2.21 bits per heavy atom. The maximum absolute atomic E-state index is 11.9. The molecule has 4 nitrogen and oxygen atoms in total. The van der Waals surface area contributed by atoms with E-state index in [1.54, 1.807) is 7.11 Å². The predicted molar refractivity (Wildman–Crippen MR) is 105 cm³/mol. The Balaban J connectivity index is 4.36. The van der Waals surface area contributed by atoms with Crippen LogP contribution in [0.2, 0.25) is 0 Å². The van der Waals surface area contributed by atoms with E-state index < -0.39 is 9.70 Å². The number of hydrogen-bond acceptors (Lipinski definition) is 3. The zero-order valence-electron chi connectivity index (χ0n) is 14.5. The molecule has 0 aliphatic heterocycles. The van der Waals surface area contributed by atoms with Crippen LogP contribution >= 0.6 is 50.7 Å². The van der Waals surface area contributed by atoms with Gasteiger partial charge in [-0.05, 0) is 6.42 Å². The fourth-order valence-corrected chi connectivity index (χ4v) is 3.08. The maximum Gasteiger partial charge on any atom is 0.272 e. The molecule has 0 radical (unpaired) electrons. The van der Waals surface area contributed by atoms with Gasteiger partial charge in [-0.3, -0.25) is 4.79 Å². The summed E-state index contributed by atoms with van der Waals surface area (Å²) in [6, 6.07) is -0.289. The topological polar surface area (TPSA) is 47.6 Å². The van der Waals surface area contributed by atoms with Gasteiger partial charge in [0.15, 0.2) is 0 Å². The molecule has 0 bridgehead atoms. The van der Waals surface area contributed by atoms with Gasteiger partial charge in [-0.1, -0.05) is 103 Å². The van der Waals surface area contributed by atoms with Gasteiger partial charge in [0.25, 0.3) is 9.70 Å². The predicted octanol–water partition coefficient (Wildman–Crippen LogP) is 5.37. The van der Waals surface area contributed by atoms with Crippen LogP contribution < -0.4 is 5.32 Å². The summed E-state index contributed by atoms with van der Waals surface area (Å²) in [5.74, 6) is -0.650. The fraction of sp³-hybridized carbons (Fsp3) is 0.938. The van der Waals surface area contributed by atoms with Crippen molar-refractivity contribution in [1.82, 2.24) is 5.32 Å². The lowest BCUT2D eigenvalue weighted by atomic mass is 10.0. The third-order valence-electron chi connectivity index (χ3n) is 3.68. The number of unbranched alkanes of at least 4 members (excludes halogenated alkanes) is 6. The Bertz CT molecular complexity index is 330. The largest absolute Gasteiger partial charge is 0.359 e. The number of ether oxygens (including phenoxy) is 2. The quantitative estimate of drug-likeness (QED) is 0.211. The first-order valence-corrected chi connectivity index (χ1v) is 10.7. The summed E-state index contributed by atoms with van der Waals surface area (Å²) in [7, 11) is 1.56. The van der Waals surface area contributed by atoms with Crippen LogP contribution in [-0.4, -0.2) is 41.1 Å². The number of hydrogen-bond donors (Lipinski definition) is 1. The van der Waals surface area contributed by atoms with E-state index in [0.717, 1.165) is 19.3 Å². The number of alkyl halides is 4. The number of methoxy groups -OCH3 is 1. The fourth-order valence-electron chi connectivity index (χ4n) is 2.34. The molecule has 8 heteroatoms. The second-order valence-corrected chi connectivity index (χ2v) is 8.68. The highest BCUT2D eigenvalue weighted by Gasteiger charge is 2.34. The first-order chi connectivity index (χ1) is 11.4. The normalized spacial score (nSPS) is 14.4. The molecule has 1 amide bonds. The third-order valence-corrected chi connectivity index (χ3v) is 4.89. The van der Waals surface area contributed by atoms with E-state index in [1.807, 2.05) is 0 Å². The molecule has 0 fully saturated rings. The average molecular weight is 470 g/mol. The van der Waals surface area contributed by atoms with Crippen LogP contribution in [0, 0.1) is 0 Å². The van der Waals surface area contributed by atoms with Crippen molar-refractivity contribution in [3.63, 3.8) is 0 Å². The van der Waals surface area contributed by atoms with Gasteiger partial charge < -0.3 is 14.8 Å². The molecular weight excluding hydrogens is 440 g/mol. The van der Waals surface area contributed by atoms with Gasteiger partial charge in [-0.25, -0.2) is 0 Å². The SMILES string of the molecule is CCCCCCCCC[C@@H](OCOC)[C@H](CBr)NC(=O)C(Cl)(Cl)Cl. The van der Waals surface area contributed by atoms with Gasteiger partial charge in [0.1, 0.15) is 6.79 Å². The molecule has 24 heavy (non-hydrogen) atoms. The molecule has 0 aromatic heterocycles. The number of rotatable bonds is 14. The van der Waals surface area contributed by atoms with Crippen LogP contribution in [0.3, 0.4) is 0 Å². The average Bonchev–Trinajstić information content (AvgIpc) is 2.53. The standard InChI is InChI=1S/C16H29BrCl3NO3/c1-3-4-5-6-7-8-9-10-14(24-12-23-2)13(11-17)21-15(22)16(18,19)20/h13-14H,3-12H2,1-2H3,(H,21,22)/t13-,14+/m0/s1. The van der Waals surface area contributed by atoms with Crippen molar-refractivity contribution in [3.8, 4) is 0 Å². The molecule has 2 atom stereocenters. The van der Waals surface area contributed by atoms with E-state index in [2.05, 4.69) is 28.2 Å². The van der Waals surface area contributed by atoms with Crippen molar-refractivity contribution in [2.75, 3.05) is 19.2 Å². The molecule has 0 aromatic carbocycles. The van der Waals surface area contributed by atoms with Crippen LogP contribution in [0.4, 0.5) is 0 Å². The maximum atomic E-state index is 11.9. The van der Waals surface area contributed by atoms with Crippen LogP contribution in [-0.2, 0) is 14.3 Å².